The van der Waals surface area contributed by atoms with Gasteiger partial charge in [-0.25, -0.2) is 0 Å². The fraction of sp³-hybridized carbons (Fsp3) is 0.421. The fourth-order valence-electron chi connectivity index (χ4n) is 3.06. The van der Waals surface area contributed by atoms with Gasteiger partial charge >= 0.3 is 0 Å². The van der Waals surface area contributed by atoms with Crippen LogP contribution in [-0.4, -0.2) is 26.7 Å². The molecule has 1 aliphatic carbocycles. The highest BCUT2D eigenvalue weighted by Crippen LogP contribution is 2.51. The molecule has 5 heteroatoms. The van der Waals surface area contributed by atoms with E-state index in [0.29, 0.717) is 6.54 Å². The van der Waals surface area contributed by atoms with E-state index in [2.05, 4.69) is 24.4 Å². The minimum absolute atomic E-state index is 0.0577. The number of para-hydroxylation sites is 1. The molecule has 2 aromatic rings. The molecule has 0 saturated heterocycles. The Morgan fingerprint density at radius 2 is 2.00 bits per heavy atom. The van der Waals surface area contributed by atoms with Crippen LogP contribution in [0, 0.1) is 6.92 Å². The standard InChI is InChI=1S/C19H23NO3S/c1-13-8-9-17(24-13)16(23-3)12-20-18(21)19(10-11-19)14-6-4-5-7-15(14)22-2/h4-9,16H,10-12H2,1-3H3,(H,20,21). The monoisotopic (exact) mass is 345 g/mol. The number of ether oxygens (including phenoxy) is 2. The first kappa shape index (κ1) is 17.0. The molecule has 1 fully saturated rings. The van der Waals surface area contributed by atoms with Crippen molar-refractivity contribution < 1.29 is 14.3 Å². The maximum atomic E-state index is 12.8. The van der Waals surface area contributed by atoms with Gasteiger partial charge in [-0.15, -0.1) is 11.3 Å². The zero-order valence-corrected chi connectivity index (χ0v) is 15.1. The van der Waals surface area contributed by atoms with Gasteiger partial charge in [0.2, 0.25) is 5.91 Å². The molecule has 1 N–H and O–H groups in total. The Kier molecular flexibility index (Phi) is 4.92. The summed E-state index contributed by atoms with van der Waals surface area (Å²) in [6.07, 6.45) is 1.60. The highest BCUT2D eigenvalue weighted by molar-refractivity contribution is 7.12. The smallest absolute Gasteiger partial charge is 0.230 e. The maximum Gasteiger partial charge on any atom is 0.230 e. The Morgan fingerprint density at radius 1 is 1.25 bits per heavy atom. The molecular formula is C19H23NO3S. The van der Waals surface area contributed by atoms with Crippen LogP contribution >= 0.6 is 11.3 Å². The predicted octanol–water partition coefficient (Wildman–Crippen LogP) is 3.60. The van der Waals surface area contributed by atoms with Crippen LogP contribution in [0.5, 0.6) is 5.75 Å². The Hall–Kier alpha value is -1.85. The number of hydrogen-bond donors (Lipinski definition) is 1. The summed E-state index contributed by atoms with van der Waals surface area (Å²) >= 11 is 1.70. The molecule has 24 heavy (non-hydrogen) atoms. The molecule has 1 aromatic carbocycles. The van der Waals surface area contributed by atoms with Crippen molar-refractivity contribution in [3.63, 3.8) is 0 Å². The summed E-state index contributed by atoms with van der Waals surface area (Å²) in [5.41, 5.74) is 0.530. The summed E-state index contributed by atoms with van der Waals surface area (Å²) in [6, 6.07) is 11.9. The maximum absolute atomic E-state index is 12.8. The molecule has 128 valence electrons. The lowest BCUT2D eigenvalue weighted by molar-refractivity contribution is -0.124. The average Bonchev–Trinajstić information content (AvgIpc) is 3.31. The molecule has 1 aliphatic rings. The second-order valence-corrected chi connectivity index (χ2v) is 7.48. The summed E-state index contributed by atoms with van der Waals surface area (Å²) in [7, 11) is 3.33. The molecule has 1 aromatic heterocycles. The molecule has 0 bridgehead atoms. The molecule has 1 unspecified atom stereocenters. The SMILES string of the molecule is COc1ccccc1C1(C(=O)NCC(OC)c2ccc(C)s2)CC1. The topological polar surface area (TPSA) is 47.6 Å². The number of thiophene rings is 1. The largest absolute Gasteiger partial charge is 0.496 e. The van der Waals surface area contributed by atoms with Crippen molar-refractivity contribution >= 4 is 17.2 Å². The molecule has 0 aliphatic heterocycles. The van der Waals surface area contributed by atoms with Crippen molar-refractivity contribution in [2.75, 3.05) is 20.8 Å². The van der Waals surface area contributed by atoms with Crippen LogP contribution in [0.1, 0.15) is 34.3 Å². The average molecular weight is 345 g/mol. The molecular weight excluding hydrogens is 322 g/mol. The first-order chi connectivity index (χ1) is 11.6. The molecule has 4 nitrogen and oxygen atoms in total. The van der Waals surface area contributed by atoms with Gasteiger partial charge in [0.25, 0.3) is 0 Å². The number of hydrogen-bond acceptors (Lipinski definition) is 4. The fourth-order valence-corrected chi connectivity index (χ4v) is 4.02. The van der Waals surface area contributed by atoms with E-state index in [1.54, 1.807) is 25.6 Å². The van der Waals surface area contributed by atoms with E-state index in [4.69, 9.17) is 9.47 Å². The third-order valence-corrected chi connectivity index (χ3v) is 5.71. The van der Waals surface area contributed by atoms with Gasteiger partial charge < -0.3 is 14.8 Å². The van der Waals surface area contributed by atoms with Crippen molar-refractivity contribution in [3.05, 3.63) is 51.7 Å². The van der Waals surface area contributed by atoms with Crippen LogP contribution in [0.3, 0.4) is 0 Å². The minimum atomic E-state index is -0.448. The van der Waals surface area contributed by atoms with E-state index in [0.717, 1.165) is 29.0 Å². The number of nitrogens with one attached hydrogen (secondary N) is 1. The number of carbonyl (C=O) groups is 1. The van der Waals surface area contributed by atoms with Crippen LogP contribution in [-0.2, 0) is 14.9 Å². The highest BCUT2D eigenvalue weighted by Gasteiger charge is 2.52. The molecule has 1 heterocycles. The first-order valence-electron chi connectivity index (χ1n) is 8.11. The van der Waals surface area contributed by atoms with E-state index in [1.807, 2.05) is 24.3 Å². The lowest BCUT2D eigenvalue weighted by Crippen LogP contribution is -2.37. The second-order valence-electron chi connectivity index (χ2n) is 6.17. The zero-order valence-electron chi connectivity index (χ0n) is 14.3. The van der Waals surface area contributed by atoms with Gasteiger partial charge in [-0.1, -0.05) is 18.2 Å². The third-order valence-electron chi connectivity index (χ3n) is 4.62. The summed E-state index contributed by atoms with van der Waals surface area (Å²) in [5, 5.41) is 3.08. The van der Waals surface area contributed by atoms with E-state index >= 15 is 0 Å². The van der Waals surface area contributed by atoms with Crippen LogP contribution in [0.25, 0.3) is 0 Å². The van der Waals surface area contributed by atoms with Gasteiger partial charge in [-0.3, -0.25) is 4.79 Å². The Balaban J connectivity index is 1.70. The quantitative estimate of drug-likeness (QED) is 0.834. The van der Waals surface area contributed by atoms with E-state index in [9.17, 15) is 4.79 Å². The van der Waals surface area contributed by atoms with Crippen LogP contribution in [0.15, 0.2) is 36.4 Å². The Morgan fingerprint density at radius 3 is 2.58 bits per heavy atom. The lowest BCUT2D eigenvalue weighted by atomic mass is 9.94. The van der Waals surface area contributed by atoms with Crippen molar-refractivity contribution in [2.24, 2.45) is 0 Å². The van der Waals surface area contributed by atoms with Gasteiger partial charge in [0.05, 0.1) is 12.5 Å². The van der Waals surface area contributed by atoms with Crippen LogP contribution in [0.4, 0.5) is 0 Å². The van der Waals surface area contributed by atoms with Crippen molar-refractivity contribution in [3.8, 4) is 5.75 Å². The molecule has 3 rings (SSSR count). The number of methoxy groups -OCH3 is 2. The number of aryl methyl sites for hydroxylation is 1. The predicted molar refractivity (Wildman–Crippen MR) is 95.7 cm³/mol. The first-order valence-corrected chi connectivity index (χ1v) is 8.93. The minimum Gasteiger partial charge on any atom is -0.496 e. The van der Waals surface area contributed by atoms with Gasteiger partial charge in [0.15, 0.2) is 0 Å². The van der Waals surface area contributed by atoms with Crippen LogP contribution < -0.4 is 10.1 Å². The highest BCUT2D eigenvalue weighted by atomic mass is 32.1. The van der Waals surface area contributed by atoms with Crippen molar-refractivity contribution in [1.82, 2.24) is 5.32 Å². The molecule has 0 radical (unpaired) electrons. The molecule has 1 atom stereocenters. The van der Waals surface area contributed by atoms with E-state index < -0.39 is 5.41 Å². The number of rotatable bonds is 7. The Bertz CT molecular complexity index is 721. The number of amides is 1. The summed E-state index contributed by atoms with van der Waals surface area (Å²) in [6.45, 7) is 2.55. The van der Waals surface area contributed by atoms with E-state index in [1.165, 1.54) is 4.88 Å². The van der Waals surface area contributed by atoms with Gasteiger partial charge in [0.1, 0.15) is 11.9 Å². The van der Waals surface area contributed by atoms with Crippen molar-refractivity contribution in [1.29, 1.82) is 0 Å². The van der Waals surface area contributed by atoms with Gasteiger partial charge in [-0.05, 0) is 38.0 Å². The normalized spacial score (nSPS) is 16.5. The summed E-state index contributed by atoms with van der Waals surface area (Å²) in [5.74, 6) is 0.838. The number of benzene rings is 1. The van der Waals surface area contributed by atoms with E-state index in [-0.39, 0.29) is 12.0 Å². The number of carbonyl (C=O) groups excluding carboxylic acids is 1. The van der Waals surface area contributed by atoms with Crippen LogP contribution in [0.2, 0.25) is 0 Å². The van der Waals surface area contributed by atoms with Crippen molar-refractivity contribution in [2.45, 2.75) is 31.3 Å². The van der Waals surface area contributed by atoms with Gasteiger partial charge in [0, 0.05) is 29.0 Å². The lowest BCUT2D eigenvalue weighted by Gasteiger charge is -2.20. The summed E-state index contributed by atoms with van der Waals surface area (Å²) in [4.78, 5) is 15.2. The molecule has 0 spiro atoms. The second kappa shape index (κ2) is 6.95. The van der Waals surface area contributed by atoms with Gasteiger partial charge in [-0.2, -0.15) is 0 Å². The third kappa shape index (κ3) is 3.19. The summed E-state index contributed by atoms with van der Waals surface area (Å²) < 4.78 is 11.0. The Labute approximate surface area is 146 Å². The zero-order chi connectivity index (χ0) is 17.2. The molecule has 1 saturated carbocycles. The molecule has 1 amide bonds.